The molecule has 0 bridgehead atoms. The van der Waals surface area contributed by atoms with E-state index in [0.29, 0.717) is 36.8 Å². The Morgan fingerprint density at radius 1 is 0.969 bits per heavy atom. The molecule has 0 atom stereocenters. The summed E-state index contributed by atoms with van der Waals surface area (Å²) in [6, 6.07) is 20.6. The first kappa shape index (κ1) is 23.4. The second kappa shape index (κ2) is 10.9. The molecule has 7 nitrogen and oxygen atoms in total. The molecule has 0 fully saturated rings. The molecule has 3 aromatic carbocycles. The average molecular weight is 457 g/mol. The standard InChI is InChI=1S/C24H28N2O5S/c1-30-22-10-5-6-11-23(22)31-17-15-25-24(27)12-7-16-26(32(2,28)29)21-14-13-19-8-3-4-9-20(19)18-21/h3-6,8-11,13-14,18H,7,12,15-17H2,1-2H3,(H,25,27). The lowest BCUT2D eigenvalue weighted by atomic mass is 10.1. The van der Waals surface area contributed by atoms with Gasteiger partial charge in [-0.1, -0.05) is 42.5 Å². The maximum atomic E-state index is 12.3. The summed E-state index contributed by atoms with van der Waals surface area (Å²) in [6.45, 7) is 0.873. The molecule has 0 aliphatic rings. The van der Waals surface area contributed by atoms with Crippen molar-refractivity contribution in [3.05, 3.63) is 66.7 Å². The second-order valence-electron chi connectivity index (χ2n) is 7.32. The average Bonchev–Trinajstić information content (AvgIpc) is 2.78. The van der Waals surface area contributed by atoms with Crippen molar-refractivity contribution in [2.24, 2.45) is 0 Å². The Morgan fingerprint density at radius 3 is 2.38 bits per heavy atom. The molecule has 0 saturated heterocycles. The molecule has 1 N–H and O–H groups in total. The fourth-order valence-electron chi connectivity index (χ4n) is 3.38. The van der Waals surface area contributed by atoms with Crippen LogP contribution in [0.2, 0.25) is 0 Å². The van der Waals surface area contributed by atoms with Crippen molar-refractivity contribution in [2.75, 3.05) is 37.4 Å². The first-order valence-electron chi connectivity index (χ1n) is 10.4. The predicted octanol–water partition coefficient (Wildman–Crippen LogP) is 3.59. The summed E-state index contributed by atoms with van der Waals surface area (Å²) < 4.78 is 36.9. The van der Waals surface area contributed by atoms with Gasteiger partial charge >= 0.3 is 0 Å². The zero-order valence-corrected chi connectivity index (χ0v) is 19.1. The van der Waals surface area contributed by atoms with Crippen LogP contribution in [0.3, 0.4) is 0 Å². The third-order valence-corrected chi connectivity index (χ3v) is 6.13. The third kappa shape index (κ3) is 6.37. The highest BCUT2D eigenvalue weighted by Crippen LogP contribution is 2.26. The molecule has 32 heavy (non-hydrogen) atoms. The number of sulfonamides is 1. The van der Waals surface area contributed by atoms with Gasteiger partial charge in [-0.15, -0.1) is 0 Å². The van der Waals surface area contributed by atoms with E-state index in [2.05, 4.69) is 5.32 Å². The van der Waals surface area contributed by atoms with Crippen LogP contribution in [-0.4, -0.2) is 47.4 Å². The number of hydrogen-bond acceptors (Lipinski definition) is 5. The minimum Gasteiger partial charge on any atom is -0.493 e. The number of carbonyl (C=O) groups is 1. The summed E-state index contributed by atoms with van der Waals surface area (Å²) in [7, 11) is -1.90. The number of anilines is 1. The quantitative estimate of drug-likeness (QED) is 0.446. The summed E-state index contributed by atoms with van der Waals surface area (Å²) in [4.78, 5) is 12.2. The van der Waals surface area contributed by atoms with Crippen LogP contribution in [-0.2, 0) is 14.8 Å². The smallest absolute Gasteiger partial charge is 0.232 e. The van der Waals surface area contributed by atoms with Gasteiger partial charge in [0.15, 0.2) is 11.5 Å². The SMILES string of the molecule is COc1ccccc1OCCNC(=O)CCCN(c1ccc2ccccc2c1)S(C)(=O)=O. The summed E-state index contributed by atoms with van der Waals surface area (Å²) in [5.41, 5.74) is 0.594. The van der Waals surface area contributed by atoms with Gasteiger partial charge in [-0.25, -0.2) is 8.42 Å². The van der Waals surface area contributed by atoms with Gasteiger partial charge in [-0.2, -0.15) is 0 Å². The third-order valence-electron chi connectivity index (χ3n) is 4.94. The molecule has 1 amide bonds. The Balaban J connectivity index is 1.48. The Morgan fingerprint density at radius 2 is 1.66 bits per heavy atom. The van der Waals surface area contributed by atoms with E-state index in [1.54, 1.807) is 25.3 Å². The van der Waals surface area contributed by atoms with Crippen molar-refractivity contribution in [1.82, 2.24) is 5.32 Å². The van der Waals surface area contributed by atoms with Crippen LogP contribution in [0.1, 0.15) is 12.8 Å². The van der Waals surface area contributed by atoms with Crippen molar-refractivity contribution in [1.29, 1.82) is 0 Å². The first-order valence-corrected chi connectivity index (χ1v) is 12.2. The number of hydrogen-bond donors (Lipinski definition) is 1. The van der Waals surface area contributed by atoms with Gasteiger partial charge in [0, 0.05) is 13.0 Å². The highest BCUT2D eigenvalue weighted by atomic mass is 32.2. The number of fused-ring (bicyclic) bond motifs is 1. The molecule has 3 aromatic rings. The molecule has 0 unspecified atom stereocenters. The molecule has 8 heteroatoms. The van der Waals surface area contributed by atoms with E-state index in [9.17, 15) is 13.2 Å². The number of para-hydroxylation sites is 2. The zero-order chi connectivity index (χ0) is 23.0. The zero-order valence-electron chi connectivity index (χ0n) is 18.3. The van der Waals surface area contributed by atoms with Crippen molar-refractivity contribution < 1.29 is 22.7 Å². The van der Waals surface area contributed by atoms with E-state index in [0.717, 1.165) is 10.8 Å². The molecule has 3 rings (SSSR count). The predicted molar refractivity (Wildman–Crippen MR) is 127 cm³/mol. The van der Waals surface area contributed by atoms with Crippen LogP contribution in [0.25, 0.3) is 10.8 Å². The van der Waals surface area contributed by atoms with Crippen LogP contribution in [0.15, 0.2) is 66.7 Å². The van der Waals surface area contributed by atoms with Gasteiger partial charge in [-0.05, 0) is 41.5 Å². The summed E-state index contributed by atoms with van der Waals surface area (Å²) in [5, 5.41) is 4.80. The number of carbonyl (C=O) groups excluding carboxylic acids is 1. The van der Waals surface area contributed by atoms with Gasteiger partial charge in [0.2, 0.25) is 15.9 Å². The minimum absolute atomic E-state index is 0.152. The monoisotopic (exact) mass is 456 g/mol. The summed E-state index contributed by atoms with van der Waals surface area (Å²) in [6.07, 6.45) is 1.80. The molecule has 0 aliphatic heterocycles. The number of nitrogens with zero attached hydrogens (tertiary/aromatic N) is 1. The molecule has 0 aromatic heterocycles. The summed E-state index contributed by atoms with van der Waals surface area (Å²) >= 11 is 0. The van der Waals surface area contributed by atoms with Gasteiger partial charge in [0.25, 0.3) is 0 Å². The largest absolute Gasteiger partial charge is 0.493 e. The van der Waals surface area contributed by atoms with Crippen molar-refractivity contribution in [3.8, 4) is 11.5 Å². The molecule has 0 aliphatic carbocycles. The lowest BCUT2D eigenvalue weighted by Gasteiger charge is -2.22. The molecular weight excluding hydrogens is 428 g/mol. The molecule has 0 heterocycles. The van der Waals surface area contributed by atoms with Gasteiger partial charge in [-0.3, -0.25) is 9.10 Å². The number of benzene rings is 3. The van der Waals surface area contributed by atoms with Crippen LogP contribution in [0, 0.1) is 0 Å². The maximum absolute atomic E-state index is 12.3. The van der Waals surface area contributed by atoms with Gasteiger partial charge < -0.3 is 14.8 Å². The van der Waals surface area contributed by atoms with Crippen molar-refractivity contribution in [3.63, 3.8) is 0 Å². The van der Waals surface area contributed by atoms with Crippen LogP contribution < -0.4 is 19.1 Å². The minimum atomic E-state index is -3.47. The Hall–Kier alpha value is -3.26. The van der Waals surface area contributed by atoms with Gasteiger partial charge in [0.05, 0.1) is 25.6 Å². The second-order valence-corrected chi connectivity index (χ2v) is 9.23. The number of methoxy groups -OCH3 is 1. The first-order chi connectivity index (χ1) is 15.4. The van der Waals surface area contributed by atoms with Gasteiger partial charge in [0.1, 0.15) is 6.61 Å². The Kier molecular flexibility index (Phi) is 7.94. The van der Waals surface area contributed by atoms with Crippen LogP contribution in [0.4, 0.5) is 5.69 Å². The number of rotatable bonds is 11. The van der Waals surface area contributed by atoms with Crippen molar-refractivity contribution >= 4 is 32.4 Å². The summed E-state index contributed by atoms with van der Waals surface area (Å²) in [5.74, 6) is 1.09. The Labute approximate surface area is 189 Å². The van der Waals surface area contributed by atoms with E-state index < -0.39 is 10.0 Å². The molecular formula is C24H28N2O5S. The molecule has 0 spiro atoms. The number of ether oxygens (including phenoxy) is 2. The lowest BCUT2D eigenvalue weighted by Crippen LogP contribution is -2.32. The van der Waals surface area contributed by atoms with E-state index in [1.165, 1.54) is 10.6 Å². The van der Waals surface area contributed by atoms with Crippen molar-refractivity contribution in [2.45, 2.75) is 12.8 Å². The maximum Gasteiger partial charge on any atom is 0.232 e. The van der Waals surface area contributed by atoms with Crippen LogP contribution >= 0.6 is 0 Å². The Bertz CT molecular complexity index is 1160. The van der Waals surface area contributed by atoms with E-state index >= 15 is 0 Å². The fourth-order valence-corrected chi connectivity index (χ4v) is 4.34. The highest BCUT2D eigenvalue weighted by Gasteiger charge is 2.18. The molecule has 0 saturated carbocycles. The highest BCUT2D eigenvalue weighted by molar-refractivity contribution is 7.92. The molecule has 170 valence electrons. The molecule has 0 radical (unpaired) electrons. The fraction of sp³-hybridized carbons (Fsp3) is 0.292. The lowest BCUT2D eigenvalue weighted by molar-refractivity contribution is -0.121. The topological polar surface area (TPSA) is 84.9 Å². The number of nitrogens with one attached hydrogen (secondary N) is 1. The number of amides is 1. The van der Waals surface area contributed by atoms with E-state index in [-0.39, 0.29) is 18.9 Å². The van der Waals surface area contributed by atoms with Crippen LogP contribution in [0.5, 0.6) is 11.5 Å². The normalized spacial score (nSPS) is 11.2. The van der Waals surface area contributed by atoms with E-state index in [4.69, 9.17) is 9.47 Å². The van der Waals surface area contributed by atoms with E-state index in [1.807, 2.05) is 48.5 Å².